The Hall–Kier alpha value is -0.260. The van der Waals surface area contributed by atoms with Crippen LogP contribution in [0.25, 0.3) is 0 Å². The molecule has 1 nitrogen and oxygen atoms in total. The van der Waals surface area contributed by atoms with Gasteiger partial charge >= 0.3 is 0 Å². The molecule has 0 heterocycles. The maximum absolute atomic E-state index is 6.66. The molecule has 0 N–H and O–H groups in total. The van der Waals surface area contributed by atoms with E-state index in [4.69, 9.17) is 16.3 Å². The van der Waals surface area contributed by atoms with Crippen LogP contribution in [0.2, 0.25) is 0 Å². The highest BCUT2D eigenvalue weighted by molar-refractivity contribution is 14.1. The first-order chi connectivity index (χ1) is 9.04. The van der Waals surface area contributed by atoms with E-state index >= 15 is 0 Å². The molecule has 0 spiro atoms. The lowest BCUT2D eigenvalue weighted by molar-refractivity contribution is 0.410. The number of aryl methyl sites for hydroxylation is 1. The minimum Gasteiger partial charge on any atom is -0.496 e. The number of benzene rings is 2. The summed E-state index contributed by atoms with van der Waals surface area (Å²) in [5.74, 6) is 0.806. The number of ether oxygens (including phenoxy) is 1. The molecule has 1 unspecified atom stereocenters. The van der Waals surface area contributed by atoms with E-state index in [-0.39, 0.29) is 5.38 Å². The Morgan fingerprint density at radius 1 is 1.21 bits per heavy atom. The quantitative estimate of drug-likeness (QED) is 0.430. The molecule has 0 aromatic heterocycles. The van der Waals surface area contributed by atoms with Crippen molar-refractivity contribution in [2.75, 3.05) is 7.11 Å². The second-order valence-corrected chi connectivity index (χ2v) is 6.66. The third-order valence-electron chi connectivity index (χ3n) is 2.96. The number of halogens is 3. The lowest BCUT2D eigenvalue weighted by Gasteiger charge is -2.17. The molecule has 0 saturated carbocycles. The van der Waals surface area contributed by atoms with Crippen molar-refractivity contribution in [1.29, 1.82) is 0 Å². The topological polar surface area (TPSA) is 9.23 Å². The molecule has 19 heavy (non-hydrogen) atoms. The average molecular weight is 452 g/mol. The van der Waals surface area contributed by atoms with Gasteiger partial charge in [0.2, 0.25) is 0 Å². The Morgan fingerprint density at radius 2 is 1.95 bits per heavy atom. The van der Waals surface area contributed by atoms with Gasteiger partial charge in [0.15, 0.2) is 0 Å². The van der Waals surface area contributed by atoms with Gasteiger partial charge in [0.05, 0.1) is 12.5 Å². The molecule has 4 heteroatoms. The molecule has 0 saturated heterocycles. The van der Waals surface area contributed by atoms with Crippen molar-refractivity contribution in [1.82, 2.24) is 0 Å². The van der Waals surface area contributed by atoms with E-state index in [9.17, 15) is 0 Å². The summed E-state index contributed by atoms with van der Waals surface area (Å²) in [5, 5.41) is -0.223. The molecule has 100 valence electrons. The van der Waals surface area contributed by atoms with Crippen LogP contribution < -0.4 is 4.74 Å². The lowest BCUT2D eigenvalue weighted by Crippen LogP contribution is -2.00. The molecule has 0 aliphatic carbocycles. The summed E-state index contributed by atoms with van der Waals surface area (Å²) in [7, 11) is 1.66. The smallest absolute Gasteiger partial charge is 0.123 e. The SMILES string of the molecule is COc1ccc(Br)cc1C(Cl)c1cccc(C)c1I. The second kappa shape index (κ2) is 6.46. The van der Waals surface area contributed by atoms with Crippen molar-refractivity contribution in [2.24, 2.45) is 0 Å². The minimum atomic E-state index is -0.223. The van der Waals surface area contributed by atoms with Crippen LogP contribution in [-0.2, 0) is 0 Å². The van der Waals surface area contributed by atoms with Gasteiger partial charge in [-0.25, -0.2) is 0 Å². The van der Waals surface area contributed by atoms with Crippen LogP contribution in [0.4, 0.5) is 0 Å². The zero-order chi connectivity index (χ0) is 14.0. The molecule has 0 aliphatic heterocycles. The molecule has 0 aliphatic rings. The first-order valence-corrected chi connectivity index (χ1v) is 8.08. The Balaban J connectivity index is 2.52. The average Bonchev–Trinajstić information content (AvgIpc) is 2.41. The molecular formula is C15H13BrClIO. The van der Waals surface area contributed by atoms with Gasteiger partial charge in [-0.15, -0.1) is 11.6 Å². The zero-order valence-corrected chi connectivity index (χ0v) is 15.1. The van der Waals surface area contributed by atoms with Crippen LogP contribution in [0.5, 0.6) is 5.75 Å². The summed E-state index contributed by atoms with van der Waals surface area (Å²) >= 11 is 12.5. The summed E-state index contributed by atoms with van der Waals surface area (Å²) in [5.41, 5.74) is 3.32. The minimum absolute atomic E-state index is 0.223. The highest BCUT2D eigenvalue weighted by Crippen LogP contribution is 2.38. The third kappa shape index (κ3) is 3.26. The van der Waals surface area contributed by atoms with Crippen molar-refractivity contribution in [3.63, 3.8) is 0 Å². The highest BCUT2D eigenvalue weighted by Gasteiger charge is 2.19. The predicted molar refractivity (Wildman–Crippen MR) is 92.3 cm³/mol. The number of hydrogen-bond donors (Lipinski definition) is 0. The molecule has 2 aromatic carbocycles. The predicted octanol–water partition coefficient (Wildman–Crippen LogP) is 5.70. The zero-order valence-electron chi connectivity index (χ0n) is 10.6. The molecule has 0 fully saturated rings. The second-order valence-electron chi connectivity index (χ2n) is 4.23. The van der Waals surface area contributed by atoms with Crippen molar-refractivity contribution >= 4 is 50.1 Å². The monoisotopic (exact) mass is 450 g/mol. The van der Waals surface area contributed by atoms with E-state index in [1.165, 1.54) is 9.13 Å². The maximum Gasteiger partial charge on any atom is 0.123 e. The number of methoxy groups -OCH3 is 1. The van der Waals surface area contributed by atoms with E-state index in [1.807, 2.05) is 24.3 Å². The Labute approximate surface area is 140 Å². The molecule has 2 rings (SSSR count). The first-order valence-electron chi connectivity index (χ1n) is 5.77. The van der Waals surface area contributed by atoms with Crippen molar-refractivity contribution in [2.45, 2.75) is 12.3 Å². The lowest BCUT2D eigenvalue weighted by atomic mass is 10.0. The number of alkyl halides is 1. The van der Waals surface area contributed by atoms with Crippen LogP contribution in [-0.4, -0.2) is 7.11 Å². The standard InChI is InChI=1S/C15H13BrClIO/c1-9-4-3-5-11(15(9)18)14(17)12-8-10(16)6-7-13(12)19-2/h3-8,14H,1-2H3. The molecule has 2 aromatic rings. The van der Waals surface area contributed by atoms with Crippen LogP contribution in [0.15, 0.2) is 40.9 Å². The van der Waals surface area contributed by atoms with E-state index in [0.717, 1.165) is 21.3 Å². The summed E-state index contributed by atoms with van der Waals surface area (Å²) in [4.78, 5) is 0. The van der Waals surface area contributed by atoms with Crippen LogP contribution >= 0.6 is 50.1 Å². The number of rotatable bonds is 3. The molecular weight excluding hydrogens is 438 g/mol. The molecule has 1 atom stereocenters. The van der Waals surface area contributed by atoms with Gasteiger partial charge in [0.25, 0.3) is 0 Å². The Morgan fingerprint density at radius 3 is 2.63 bits per heavy atom. The first kappa shape index (κ1) is 15.1. The third-order valence-corrected chi connectivity index (χ3v) is 5.40. The Kier molecular flexibility index (Phi) is 5.15. The summed E-state index contributed by atoms with van der Waals surface area (Å²) < 4.78 is 7.60. The van der Waals surface area contributed by atoms with E-state index in [2.05, 4.69) is 57.6 Å². The maximum atomic E-state index is 6.66. The van der Waals surface area contributed by atoms with Gasteiger partial charge in [-0.2, -0.15) is 0 Å². The van der Waals surface area contributed by atoms with Crippen LogP contribution in [0, 0.1) is 10.5 Å². The van der Waals surface area contributed by atoms with Crippen LogP contribution in [0.3, 0.4) is 0 Å². The van der Waals surface area contributed by atoms with E-state index in [0.29, 0.717) is 0 Å². The van der Waals surface area contributed by atoms with E-state index < -0.39 is 0 Å². The molecule has 0 bridgehead atoms. The van der Waals surface area contributed by atoms with Gasteiger partial charge in [0.1, 0.15) is 5.75 Å². The fourth-order valence-electron chi connectivity index (χ4n) is 1.94. The van der Waals surface area contributed by atoms with Gasteiger partial charge in [-0.05, 0) is 58.8 Å². The van der Waals surface area contributed by atoms with Crippen molar-refractivity contribution < 1.29 is 4.74 Å². The molecule has 0 amide bonds. The van der Waals surface area contributed by atoms with Gasteiger partial charge in [-0.3, -0.25) is 0 Å². The number of hydrogen-bond acceptors (Lipinski definition) is 1. The van der Waals surface area contributed by atoms with Gasteiger partial charge in [0, 0.05) is 13.6 Å². The van der Waals surface area contributed by atoms with Crippen molar-refractivity contribution in [3.05, 3.63) is 61.1 Å². The summed E-state index contributed by atoms with van der Waals surface area (Å²) in [6, 6.07) is 12.1. The van der Waals surface area contributed by atoms with Crippen LogP contribution in [0.1, 0.15) is 22.1 Å². The summed E-state index contributed by atoms with van der Waals surface area (Å²) in [6.07, 6.45) is 0. The summed E-state index contributed by atoms with van der Waals surface area (Å²) in [6.45, 7) is 2.09. The normalized spacial score (nSPS) is 12.3. The fraction of sp³-hybridized carbons (Fsp3) is 0.200. The fourth-order valence-corrected chi connectivity index (χ4v) is 3.52. The largest absolute Gasteiger partial charge is 0.496 e. The van der Waals surface area contributed by atoms with E-state index in [1.54, 1.807) is 7.11 Å². The molecule has 0 radical (unpaired) electrons. The van der Waals surface area contributed by atoms with Crippen molar-refractivity contribution in [3.8, 4) is 5.75 Å². The highest BCUT2D eigenvalue weighted by atomic mass is 127. The van der Waals surface area contributed by atoms with Gasteiger partial charge in [-0.1, -0.05) is 34.1 Å². The van der Waals surface area contributed by atoms with Gasteiger partial charge < -0.3 is 4.74 Å². The Bertz CT molecular complexity index is 601.